The van der Waals surface area contributed by atoms with Crippen molar-refractivity contribution in [1.29, 1.82) is 0 Å². The number of ether oxygens (including phenoxy) is 2. The van der Waals surface area contributed by atoms with Crippen molar-refractivity contribution >= 4 is 17.5 Å². The third-order valence-electron chi connectivity index (χ3n) is 4.17. The van der Waals surface area contributed by atoms with Crippen LogP contribution in [0.1, 0.15) is 30.0 Å². The van der Waals surface area contributed by atoms with Crippen molar-refractivity contribution in [2.45, 2.75) is 40.0 Å². The Kier molecular flexibility index (Phi) is 6.71. The largest absolute Gasteiger partial charge is 0.493 e. The maximum atomic E-state index is 6.47. The highest BCUT2D eigenvalue weighted by atomic mass is 35.5. The number of nitrogens with zero attached hydrogens (tertiary/aromatic N) is 4. The summed E-state index contributed by atoms with van der Waals surface area (Å²) in [6.07, 6.45) is 0.951. The molecule has 0 aliphatic rings. The second kappa shape index (κ2) is 9.41. The minimum atomic E-state index is 0.418. The molecule has 0 radical (unpaired) electrons. The average molecular weight is 402 g/mol. The summed E-state index contributed by atoms with van der Waals surface area (Å²) in [5, 5.41) is 15.4. The molecular formula is C20H24ClN5O2. The summed E-state index contributed by atoms with van der Waals surface area (Å²) in [6.45, 7) is 5.81. The van der Waals surface area contributed by atoms with Gasteiger partial charge in [0.25, 0.3) is 0 Å². The number of hydrogen-bond acceptors (Lipinski definition) is 6. The van der Waals surface area contributed by atoms with E-state index in [4.69, 9.17) is 21.1 Å². The van der Waals surface area contributed by atoms with Crippen LogP contribution in [0, 0.1) is 6.92 Å². The van der Waals surface area contributed by atoms with Crippen LogP contribution in [0.5, 0.6) is 11.5 Å². The van der Waals surface area contributed by atoms with Crippen LogP contribution in [0.3, 0.4) is 0 Å². The Balaban J connectivity index is 1.71. The van der Waals surface area contributed by atoms with E-state index in [0.29, 0.717) is 35.6 Å². The zero-order chi connectivity index (χ0) is 19.9. The first-order valence-corrected chi connectivity index (χ1v) is 9.53. The van der Waals surface area contributed by atoms with E-state index >= 15 is 0 Å². The van der Waals surface area contributed by atoms with Crippen LogP contribution in [-0.4, -0.2) is 27.3 Å². The summed E-state index contributed by atoms with van der Waals surface area (Å²) in [5.41, 5.74) is 3.20. The van der Waals surface area contributed by atoms with Gasteiger partial charge in [0.05, 0.1) is 12.1 Å². The second-order valence-electron chi connectivity index (χ2n) is 6.47. The summed E-state index contributed by atoms with van der Waals surface area (Å²) in [5.74, 6) is 1.74. The van der Waals surface area contributed by atoms with Gasteiger partial charge in [-0.15, -0.1) is 0 Å². The van der Waals surface area contributed by atoms with E-state index in [9.17, 15) is 0 Å². The molecular weight excluding hydrogens is 378 g/mol. The monoisotopic (exact) mass is 401 g/mol. The van der Waals surface area contributed by atoms with Crippen molar-refractivity contribution in [1.82, 2.24) is 20.2 Å². The highest BCUT2D eigenvalue weighted by Gasteiger charge is 2.13. The molecule has 0 fully saturated rings. The Bertz CT molecular complexity index is 929. The minimum absolute atomic E-state index is 0.418. The first-order chi connectivity index (χ1) is 13.6. The lowest BCUT2D eigenvalue weighted by molar-refractivity contribution is 0.284. The van der Waals surface area contributed by atoms with E-state index < -0.39 is 0 Å². The number of benzene rings is 2. The molecule has 3 rings (SSSR count). The van der Waals surface area contributed by atoms with E-state index in [1.54, 1.807) is 11.8 Å². The minimum Gasteiger partial charge on any atom is -0.493 e. The number of methoxy groups -OCH3 is 1. The van der Waals surface area contributed by atoms with Crippen molar-refractivity contribution in [2.75, 3.05) is 12.4 Å². The molecule has 7 nitrogen and oxygen atoms in total. The molecule has 1 heterocycles. The fraction of sp³-hybridized carbons (Fsp3) is 0.350. The van der Waals surface area contributed by atoms with Gasteiger partial charge in [-0.3, -0.25) is 0 Å². The smallest absolute Gasteiger partial charge is 0.243 e. The first kappa shape index (κ1) is 19.9. The standard InChI is InChI=1S/C20H24ClN5O2/c1-4-8-26-20(23-24-25-26)22-12-16-10-17(21)19(18(11-16)27-3)28-13-15-7-5-6-14(2)9-15/h5-7,9-11H,4,8,12-13H2,1-3H3,(H,22,23,25). The molecule has 148 valence electrons. The number of halogens is 1. The number of aryl methyl sites for hydroxylation is 2. The third-order valence-corrected chi connectivity index (χ3v) is 4.45. The van der Waals surface area contributed by atoms with Crippen LogP contribution in [0.4, 0.5) is 5.95 Å². The molecule has 0 saturated heterocycles. The summed E-state index contributed by atoms with van der Waals surface area (Å²) in [4.78, 5) is 0. The van der Waals surface area contributed by atoms with Crippen molar-refractivity contribution in [3.63, 3.8) is 0 Å². The topological polar surface area (TPSA) is 74.1 Å². The Morgan fingerprint density at radius 2 is 2.04 bits per heavy atom. The molecule has 0 amide bonds. The van der Waals surface area contributed by atoms with Crippen LogP contribution in [0.15, 0.2) is 36.4 Å². The summed E-state index contributed by atoms with van der Waals surface area (Å²) < 4.78 is 13.2. The van der Waals surface area contributed by atoms with Gasteiger partial charge in [-0.25, -0.2) is 4.68 Å². The molecule has 0 aliphatic carbocycles. The maximum absolute atomic E-state index is 6.47. The van der Waals surface area contributed by atoms with Crippen molar-refractivity contribution in [2.24, 2.45) is 0 Å². The summed E-state index contributed by atoms with van der Waals surface area (Å²) >= 11 is 6.47. The molecule has 28 heavy (non-hydrogen) atoms. The van der Waals surface area contributed by atoms with Crippen LogP contribution in [-0.2, 0) is 19.7 Å². The lowest BCUT2D eigenvalue weighted by Crippen LogP contribution is -2.09. The van der Waals surface area contributed by atoms with Gasteiger partial charge in [-0.2, -0.15) is 0 Å². The fourth-order valence-electron chi connectivity index (χ4n) is 2.85. The summed E-state index contributed by atoms with van der Waals surface area (Å²) in [6, 6.07) is 11.9. The molecule has 0 atom stereocenters. The van der Waals surface area contributed by atoms with Crippen molar-refractivity contribution in [3.05, 3.63) is 58.1 Å². The lowest BCUT2D eigenvalue weighted by Gasteiger charge is -2.15. The highest BCUT2D eigenvalue weighted by Crippen LogP contribution is 2.37. The quantitative estimate of drug-likeness (QED) is 0.578. The predicted octanol–water partition coefficient (Wildman–Crippen LogP) is 4.24. The number of nitrogens with one attached hydrogen (secondary N) is 1. The molecule has 0 aliphatic heterocycles. The Labute approximate surface area is 169 Å². The van der Waals surface area contributed by atoms with E-state index in [1.165, 1.54) is 5.56 Å². The Hall–Kier alpha value is -2.80. The van der Waals surface area contributed by atoms with Crippen LogP contribution in [0.2, 0.25) is 5.02 Å². The molecule has 2 aromatic carbocycles. The van der Waals surface area contributed by atoms with Crippen LogP contribution in [0.25, 0.3) is 0 Å². The number of tetrazole rings is 1. The van der Waals surface area contributed by atoms with Gasteiger partial charge >= 0.3 is 0 Å². The zero-order valence-electron chi connectivity index (χ0n) is 16.3. The predicted molar refractivity (Wildman–Crippen MR) is 109 cm³/mol. The molecule has 8 heteroatoms. The van der Waals surface area contributed by atoms with Crippen molar-refractivity contribution in [3.8, 4) is 11.5 Å². The fourth-order valence-corrected chi connectivity index (χ4v) is 3.14. The maximum Gasteiger partial charge on any atom is 0.243 e. The van der Waals surface area contributed by atoms with Crippen LogP contribution >= 0.6 is 11.6 Å². The van der Waals surface area contributed by atoms with Crippen molar-refractivity contribution < 1.29 is 9.47 Å². The Morgan fingerprint density at radius 1 is 1.18 bits per heavy atom. The summed E-state index contributed by atoms with van der Waals surface area (Å²) in [7, 11) is 1.60. The lowest BCUT2D eigenvalue weighted by atomic mass is 10.1. The number of rotatable bonds is 9. The third kappa shape index (κ3) is 4.92. The molecule has 0 unspecified atom stereocenters. The second-order valence-corrected chi connectivity index (χ2v) is 6.87. The molecule has 1 N–H and O–H groups in total. The number of hydrogen-bond donors (Lipinski definition) is 1. The van der Waals surface area contributed by atoms with Gasteiger partial charge in [0.1, 0.15) is 6.61 Å². The normalized spacial score (nSPS) is 10.7. The molecule has 1 aromatic heterocycles. The molecule has 3 aromatic rings. The molecule has 0 spiro atoms. The van der Waals surface area contributed by atoms with Gasteiger partial charge in [0.15, 0.2) is 11.5 Å². The van der Waals surface area contributed by atoms with E-state index in [0.717, 1.165) is 24.1 Å². The molecule has 0 bridgehead atoms. The van der Waals surface area contributed by atoms with Crippen LogP contribution < -0.4 is 14.8 Å². The highest BCUT2D eigenvalue weighted by molar-refractivity contribution is 6.32. The zero-order valence-corrected chi connectivity index (χ0v) is 17.0. The van der Waals surface area contributed by atoms with E-state index in [-0.39, 0.29) is 0 Å². The number of anilines is 1. The van der Waals surface area contributed by atoms with Gasteiger partial charge in [0, 0.05) is 13.1 Å². The number of aromatic nitrogens is 4. The first-order valence-electron chi connectivity index (χ1n) is 9.15. The SMILES string of the molecule is CCCn1nnnc1NCc1cc(Cl)c(OCc2cccc(C)c2)c(OC)c1. The van der Waals surface area contributed by atoms with E-state index in [1.807, 2.05) is 24.3 Å². The van der Waals surface area contributed by atoms with Gasteiger partial charge < -0.3 is 14.8 Å². The van der Waals surface area contributed by atoms with Gasteiger partial charge in [-0.1, -0.05) is 53.5 Å². The molecule has 0 saturated carbocycles. The van der Waals surface area contributed by atoms with Gasteiger partial charge in [-0.05, 0) is 47.0 Å². The Morgan fingerprint density at radius 3 is 2.79 bits per heavy atom. The van der Waals surface area contributed by atoms with E-state index in [2.05, 4.69) is 46.8 Å². The average Bonchev–Trinajstić information content (AvgIpc) is 3.12. The van der Waals surface area contributed by atoms with Gasteiger partial charge in [0.2, 0.25) is 5.95 Å².